The molecule has 1 heterocycles. The van der Waals surface area contributed by atoms with Crippen LogP contribution in [0.1, 0.15) is 32.2 Å². The van der Waals surface area contributed by atoms with Gasteiger partial charge in [-0.1, -0.05) is 47.1 Å². The van der Waals surface area contributed by atoms with E-state index in [1.54, 1.807) is 0 Å². The number of nitrogens with two attached hydrogens (primary N) is 1. The van der Waals surface area contributed by atoms with Gasteiger partial charge >= 0.3 is 0 Å². The lowest BCUT2D eigenvalue weighted by atomic mass is 10.0. The van der Waals surface area contributed by atoms with Crippen LogP contribution in [0.2, 0.25) is 0 Å². The van der Waals surface area contributed by atoms with Gasteiger partial charge in [-0.25, -0.2) is 0 Å². The van der Waals surface area contributed by atoms with Crippen LogP contribution < -0.4 is 5.73 Å². The van der Waals surface area contributed by atoms with E-state index in [2.05, 4.69) is 39.9 Å². The molecule has 0 spiro atoms. The van der Waals surface area contributed by atoms with Gasteiger partial charge in [0, 0.05) is 10.0 Å². The second-order valence-electron chi connectivity index (χ2n) is 4.70. The van der Waals surface area contributed by atoms with Crippen LogP contribution in [0.15, 0.2) is 33.3 Å². The van der Waals surface area contributed by atoms with Gasteiger partial charge in [-0.15, -0.1) is 0 Å². The zero-order valence-corrected chi connectivity index (χ0v) is 12.0. The molecule has 0 amide bonds. The highest BCUT2D eigenvalue weighted by molar-refractivity contribution is 9.10. The summed E-state index contributed by atoms with van der Waals surface area (Å²) in [6.07, 6.45) is 0.833. The van der Waals surface area contributed by atoms with E-state index in [0.29, 0.717) is 17.6 Å². The molecule has 0 aliphatic heterocycles. The molecule has 0 aliphatic carbocycles. The molecule has 1 atom stereocenters. The van der Waals surface area contributed by atoms with Gasteiger partial charge < -0.3 is 10.3 Å². The van der Waals surface area contributed by atoms with Crippen molar-refractivity contribution in [3.05, 3.63) is 34.6 Å². The average molecular weight is 310 g/mol. The Labute approximate surface area is 115 Å². The van der Waals surface area contributed by atoms with Crippen LogP contribution in [0.25, 0.3) is 11.4 Å². The number of aromatic nitrogens is 2. The molecule has 0 saturated carbocycles. The number of hydrogen-bond acceptors (Lipinski definition) is 4. The molecular weight excluding hydrogens is 294 g/mol. The lowest BCUT2D eigenvalue weighted by Gasteiger charge is -2.08. The van der Waals surface area contributed by atoms with E-state index in [0.717, 1.165) is 16.5 Å². The van der Waals surface area contributed by atoms with E-state index in [1.165, 1.54) is 0 Å². The molecule has 1 aromatic carbocycles. The van der Waals surface area contributed by atoms with Crippen molar-refractivity contribution in [2.45, 2.75) is 26.3 Å². The van der Waals surface area contributed by atoms with Gasteiger partial charge in [0.2, 0.25) is 11.7 Å². The molecule has 2 rings (SSSR count). The third-order valence-corrected chi connectivity index (χ3v) is 3.06. The van der Waals surface area contributed by atoms with Gasteiger partial charge in [0.25, 0.3) is 0 Å². The number of benzene rings is 1. The molecule has 0 fully saturated rings. The summed E-state index contributed by atoms with van der Waals surface area (Å²) in [4.78, 5) is 4.35. The number of nitrogens with zero attached hydrogens (tertiary/aromatic N) is 2. The maximum Gasteiger partial charge on any atom is 0.243 e. The monoisotopic (exact) mass is 309 g/mol. The lowest BCUT2D eigenvalue weighted by molar-refractivity contribution is 0.335. The number of halogens is 1. The van der Waals surface area contributed by atoms with Gasteiger partial charge in [0.05, 0.1) is 6.04 Å². The standard InChI is InChI=1S/C13H16BrN3O/c1-8(2)6-11(15)13-16-12(17-18-13)9-4-3-5-10(14)7-9/h3-5,7-8,11H,6,15H2,1-2H3/t11-/m0/s1. The lowest BCUT2D eigenvalue weighted by Crippen LogP contribution is -2.13. The predicted octanol–water partition coefficient (Wildman–Crippen LogP) is 3.55. The SMILES string of the molecule is CC(C)C[C@H](N)c1nc(-c2cccc(Br)c2)no1. The molecule has 96 valence electrons. The minimum atomic E-state index is -0.196. The third kappa shape index (κ3) is 3.17. The summed E-state index contributed by atoms with van der Waals surface area (Å²) in [5.74, 6) is 1.57. The summed E-state index contributed by atoms with van der Waals surface area (Å²) in [6, 6.07) is 7.58. The van der Waals surface area contributed by atoms with Crippen molar-refractivity contribution in [2.75, 3.05) is 0 Å². The van der Waals surface area contributed by atoms with Gasteiger partial charge in [-0.2, -0.15) is 4.98 Å². The topological polar surface area (TPSA) is 64.9 Å². The van der Waals surface area contributed by atoms with Crippen LogP contribution in [0.5, 0.6) is 0 Å². The fourth-order valence-electron chi connectivity index (χ4n) is 1.74. The highest BCUT2D eigenvalue weighted by atomic mass is 79.9. The van der Waals surface area contributed by atoms with Crippen LogP contribution in [-0.4, -0.2) is 10.1 Å². The van der Waals surface area contributed by atoms with Crippen LogP contribution in [0.4, 0.5) is 0 Å². The Bertz CT molecular complexity index is 524. The van der Waals surface area contributed by atoms with E-state index in [4.69, 9.17) is 10.3 Å². The summed E-state index contributed by atoms with van der Waals surface area (Å²) in [6.45, 7) is 4.23. The summed E-state index contributed by atoms with van der Waals surface area (Å²) in [5, 5.41) is 3.97. The molecule has 5 heteroatoms. The van der Waals surface area contributed by atoms with Crippen LogP contribution in [0, 0.1) is 5.92 Å². The first kappa shape index (κ1) is 13.2. The Morgan fingerprint density at radius 2 is 2.17 bits per heavy atom. The molecular formula is C13H16BrN3O. The van der Waals surface area contributed by atoms with E-state index in [-0.39, 0.29) is 6.04 Å². The molecule has 0 saturated heterocycles. The first-order valence-electron chi connectivity index (χ1n) is 5.91. The van der Waals surface area contributed by atoms with E-state index < -0.39 is 0 Å². The molecule has 0 aliphatic rings. The molecule has 18 heavy (non-hydrogen) atoms. The minimum absolute atomic E-state index is 0.196. The first-order valence-corrected chi connectivity index (χ1v) is 6.70. The minimum Gasteiger partial charge on any atom is -0.337 e. The van der Waals surface area contributed by atoms with Crippen molar-refractivity contribution >= 4 is 15.9 Å². The normalized spacial score (nSPS) is 12.9. The third-order valence-electron chi connectivity index (χ3n) is 2.57. The molecule has 0 bridgehead atoms. The van der Waals surface area contributed by atoms with Crippen molar-refractivity contribution in [3.63, 3.8) is 0 Å². The van der Waals surface area contributed by atoms with Gasteiger partial charge in [-0.3, -0.25) is 0 Å². The molecule has 0 unspecified atom stereocenters. The molecule has 0 radical (unpaired) electrons. The van der Waals surface area contributed by atoms with Crippen molar-refractivity contribution in [2.24, 2.45) is 11.7 Å². The Morgan fingerprint density at radius 3 is 2.83 bits per heavy atom. The Kier molecular flexibility index (Phi) is 4.14. The first-order chi connectivity index (χ1) is 8.56. The van der Waals surface area contributed by atoms with Crippen molar-refractivity contribution in [1.29, 1.82) is 0 Å². The second-order valence-corrected chi connectivity index (χ2v) is 5.62. The average Bonchev–Trinajstić information content (AvgIpc) is 2.77. The largest absolute Gasteiger partial charge is 0.337 e. The summed E-state index contributed by atoms with van der Waals surface area (Å²) in [7, 11) is 0. The molecule has 2 N–H and O–H groups in total. The Morgan fingerprint density at radius 1 is 1.39 bits per heavy atom. The van der Waals surface area contributed by atoms with E-state index in [9.17, 15) is 0 Å². The quantitative estimate of drug-likeness (QED) is 0.938. The van der Waals surface area contributed by atoms with Crippen molar-refractivity contribution in [3.8, 4) is 11.4 Å². The fraction of sp³-hybridized carbons (Fsp3) is 0.385. The van der Waals surface area contributed by atoms with Crippen LogP contribution in [0.3, 0.4) is 0 Å². The maximum absolute atomic E-state index is 6.01. The predicted molar refractivity (Wildman–Crippen MR) is 73.8 cm³/mol. The highest BCUT2D eigenvalue weighted by Crippen LogP contribution is 2.23. The van der Waals surface area contributed by atoms with Crippen LogP contribution >= 0.6 is 15.9 Å². The maximum atomic E-state index is 6.01. The molecule has 4 nitrogen and oxygen atoms in total. The summed E-state index contributed by atoms with van der Waals surface area (Å²) in [5.41, 5.74) is 6.92. The zero-order valence-electron chi connectivity index (χ0n) is 10.4. The van der Waals surface area contributed by atoms with Crippen molar-refractivity contribution in [1.82, 2.24) is 10.1 Å². The number of hydrogen-bond donors (Lipinski definition) is 1. The molecule has 1 aromatic heterocycles. The Hall–Kier alpha value is -1.20. The zero-order chi connectivity index (χ0) is 13.1. The summed E-state index contributed by atoms with van der Waals surface area (Å²) < 4.78 is 6.20. The van der Waals surface area contributed by atoms with Gasteiger partial charge in [0.15, 0.2) is 0 Å². The van der Waals surface area contributed by atoms with E-state index >= 15 is 0 Å². The second kappa shape index (κ2) is 5.63. The number of rotatable bonds is 4. The van der Waals surface area contributed by atoms with E-state index in [1.807, 2.05) is 24.3 Å². The molecule has 2 aromatic rings. The van der Waals surface area contributed by atoms with Gasteiger partial charge in [0.1, 0.15) is 0 Å². The summed E-state index contributed by atoms with van der Waals surface area (Å²) >= 11 is 3.42. The van der Waals surface area contributed by atoms with Crippen molar-refractivity contribution < 1.29 is 4.52 Å². The fourth-order valence-corrected chi connectivity index (χ4v) is 2.14. The Balaban J connectivity index is 2.20. The van der Waals surface area contributed by atoms with Crippen LogP contribution in [-0.2, 0) is 0 Å². The smallest absolute Gasteiger partial charge is 0.243 e. The highest BCUT2D eigenvalue weighted by Gasteiger charge is 2.16. The van der Waals surface area contributed by atoms with Gasteiger partial charge in [-0.05, 0) is 24.5 Å².